The van der Waals surface area contributed by atoms with Crippen molar-refractivity contribution >= 4 is 11.3 Å². The van der Waals surface area contributed by atoms with E-state index in [0.717, 1.165) is 38.3 Å². The van der Waals surface area contributed by atoms with Crippen LogP contribution in [0.5, 0.6) is 0 Å². The molecule has 2 aliphatic rings. The van der Waals surface area contributed by atoms with Crippen LogP contribution in [0.4, 0.5) is 0 Å². The van der Waals surface area contributed by atoms with E-state index in [1.807, 2.05) is 29.9 Å². The summed E-state index contributed by atoms with van der Waals surface area (Å²) in [4.78, 5) is 16.2. The topological polar surface area (TPSA) is 63.8 Å². The van der Waals surface area contributed by atoms with Crippen molar-refractivity contribution in [1.82, 2.24) is 30.0 Å². The van der Waals surface area contributed by atoms with Gasteiger partial charge in [-0.25, -0.2) is 4.98 Å². The van der Waals surface area contributed by atoms with E-state index < -0.39 is 0 Å². The van der Waals surface area contributed by atoms with Crippen molar-refractivity contribution in [2.24, 2.45) is 0 Å². The second-order valence-corrected chi connectivity index (χ2v) is 9.18. The van der Waals surface area contributed by atoms with Crippen molar-refractivity contribution in [3.05, 3.63) is 47.0 Å². The molecule has 1 saturated heterocycles. The molecule has 5 rings (SSSR count). The Morgan fingerprint density at radius 1 is 1.18 bits per heavy atom. The van der Waals surface area contributed by atoms with Gasteiger partial charge in [-0.05, 0) is 44.0 Å². The Bertz CT molecular complexity index is 903. The Kier molecular flexibility index (Phi) is 4.82. The molecule has 148 valence electrons. The maximum atomic E-state index is 4.78. The number of rotatable bonds is 5. The Morgan fingerprint density at radius 3 is 2.86 bits per heavy atom. The fraction of sp³-hybridized carbons (Fsp3) is 0.524. The van der Waals surface area contributed by atoms with E-state index in [9.17, 15) is 0 Å². The quantitative estimate of drug-likeness (QED) is 0.691. The summed E-state index contributed by atoms with van der Waals surface area (Å²) in [5.74, 6) is 0. The third-order valence-electron chi connectivity index (χ3n) is 6.38. The number of aromatic nitrogens is 4. The van der Waals surface area contributed by atoms with E-state index in [4.69, 9.17) is 4.98 Å². The molecule has 0 aromatic carbocycles. The smallest absolute Gasteiger partial charge is 0.0926 e. The number of H-pyrrole nitrogens is 2. The van der Waals surface area contributed by atoms with Crippen LogP contribution < -0.4 is 0 Å². The fourth-order valence-electron chi connectivity index (χ4n) is 4.97. The van der Waals surface area contributed by atoms with Gasteiger partial charge in [0.25, 0.3) is 0 Å². The highest BCUT2D eigenvalue weighted by molar-refractivity contribution is 7.15. The normalized spacial score (nSPS) is 19.9. The molecule has 0 radical (unpaired) electrons. The van der Waals surface area contributed by atoms with Gasteiger partial charge in [0, 0.05) is 49.4 Å². The number of hydrogen-bond donors (Lipinski definition) is 2. The number of hydrogen-bond acceptors (Lipinski definition) is 5. The van der Waals surface area contributed by atoms with Crippen LogP contribution in [-0.4, -0.2) is 56.1 Å². The molecule has 1 fully saturated rings. The van der Waals surface area contributed by atoms with Crippen LogP contribution in [-0.2, 0) is 18.5 Å². The summed E-state index contributed by atoms with van der Waals surface area (Å²) in [5, 5.41) is 7.13. The third kappa shape index (κ3) is 3.11. The summed E-state index contributed by atoms with van der Waals surface area (Å²) < 4.78 is 0. The second kappa shape index (κ2) is 7.46. The number of thiophene rings is 1. The van der Waals surface area contributed by atoms with Gasteiger partial charge in [-0.15, -0.1) is 11.3 Å². The van der Waals surface area contributed by atoms with Crippen LogP contribution in [0.2, 0.25) is 0 Å². The first-order valence-electron chi connectivity index (χ1n) is 10.4. The predicted molar refractivity (Wildman–Crippen MR) is 112 cm³/mol. The van der Waals surface area contributed by atoms with E-state index in [0.29, 0.717) is 0 Å². The number of nitrogens with one attached hydrogen (secondary N) is 2. The Labute approximate surface area is 170 Å². The average Bonchev–Trinajstić information content (AvgIpc) is 3.47. The van der Waals surface area contributed by atoms with Crippen LogP contribution in [0.3, 0.4) is 0 Å². The maximum Gasteiger partial charge on any atom is 0.0926 e. The predicted octanol–water partition coefficient (Wildman–Crippen LogP) is 3.62. The average molecular weight is 397 g/mol. The van der Waals surface area contributed by atoms with Gasteiger partial charge in [-0.3, -0.25) is 14.9 Å². The van der Waals surface area contributed by atoms with Crippen molar-refractivity contribution in [3.8, 4) is 10.6 Å². The van der Waals surface area contributed by atoms with Gasteiger partial charge in [0.2, 0.25) is 0 Å². The zero-order chi connectivity index (χ0) is 19.0. The van der Waals surface area contributed by atoms with E-state index >= 15 is 0 Å². The van der Waals surface area contributed by atoms with Gasteiger partial charge in [0.15, 0.2) is 0 Å². The molecule has 0 saturated carbocycles. The molecule has 7 heteroatoms. The monoisotopic (exact) mass is 396 g/mol. The van der Waals surface area contributed by atoms with Crippen molar-refractivity contribution in [2.75, 3.05) is 26.2 Å². The van der Waals surface area contributed by atoms with E-state index in [1.54, 1.807) is 0 Å². The minimum absolute atomic E-state index is 0.136. The summed E-state index contributed by atoms with van der Waals surface area (Å²) >= 11 is 1.87. The van der Waals surface area contributed by atoms with E-state index in [1.165, 1.54) is 46.9 Å². The minimum Gasteiger partial charge on any atom is -0.348 e. The van der Waals surface area contributed by atoms with Gasteiger partial charge < -0.3 is 4.98 Å². The maximum absolute atomic E-state index is 4.78. The number of nitrogens with zero attached hydrogens (tertiary/aromatic N) is 4. The van der Waals surface area contributed by atoms with Crippen LogP contribution >= 0.6 is 11.3 Å². The first-order valence-corrected chi connectivity index (χ1v) is 11.2. The SMILES string of the molecule is CCCN1CCc2[nH]cnc2C12CCN(Cc1ccc(-c3ccn[nH]3)s1)CC2. The largest absolute Gasteiger partial charge is 0.348 e. The van der Waals surface area contributed by atoms with Crippen molar-refractivity contribution in [3.63, 3.8) is 0 Å². The second-order valence-electron chi connectivity index (χ2n) is 8.01. The zero-order valence-electron chi connectivity index (χ0n) is 16.4. The molecule has 3 aromatic heterocycles. The molecule has 2 N–H and O–H groups in total. The number of imidazole rings is 1. The van der Waals surface area contributed by atoms with Gasteiger partial charge >= 0.3 is 0 Å². The molecule has 0 unspecified atom stereocenters. The molecular weight excluding hydrogens is 368 g/mol. The van der Waals surface area contributed by atoms with Gasteiger partial charge in [-0.2, -0.15) is 5.10 Å². The number of aromatic amines is 2. The highest BCUT2D eigenvalue weighted by Crippen LogP contribution is 2.42. The standard InChI is InChI=1S/C21H28N6S/c1-2-10-27-11-6-18-20(23-15-22-18)21(27)7-12-26(13-8-21)14-16-3-4-19(28-16)17-5-9-24-25-17/h3-5,9,15H,2,6-8,10-14H2,1H3,(H,22,23)(H,24,25). The molecular formula is C21H28N6S. The van der Waals surface area contributed by atoms with Crippen LogP contribution in [0.25, 0.3) is 10.6 Å². The Balaban J connectivity index is 1.29. The first-order chi connectivity index (χ1) is 13.8. The highest BCUT2D eigenvalue weighted by atomic mass is 32.1. The van der Waals surface area contributed by atoms with Gasteiger partial charge in [0.1, 0.15) is 0 Å². The Hall–Kier alpha value is -1.96. The van der Waals surface area contributed by atoms with Gasteiger partial charge in [0.05, 0.1) is 28.1 Å². The summed E-state index contributed by atoms with van der Waals surface area (Å²) in [5.41, 5.74) is 3.93. The summed E-state index contributed by atoms with van der Waals surface area (Å²) in [6.45, 7) is 7.91. The molecule has 0 aliphatic carbocycles. The van der Waals surface area contributed by atoms with E-state index in [-0.39, 0.29) is 5.54 Å². The number of piperidine rings is 1. The highest BCUT2D eigenvalue weighted by Gasteiger charge is 2.46. The van der Waals surface area contributed by atoms with Crippen LogP contribution in [0.1, 0.15) is 42.5 Å². The molecule has 28 heavy (non-hydrogen) atoms. The molecule has 1 spiro atoms. The Morgan fingerprint density at radius 2 is 2.07 bits per heavy atom. The lowest BCUT2D eigenvalue weighted by Crippen LogP contribution is -2.56. The first kappa shape index (κ1) is 18.1. The lowest BCUT2D eigenvalue weighted by Gasteiger charge is -2.50. The summed E-state index contributed by atoms with van der Waals surface area (Å²) in [6, 6.07) is 6.51. The third-order valence-corrected chi connectivity index (χ3v) is 7.48. The van der Waals surface area contributed by atoms with Crippen molar-refractivity contribution in [1.29, 1.82) is 0 Å². The minimum atomic E-state index is 0.136. The lowest BCUT2D eigenvalue weighted by atomic mass is 9.78. The fourth-order valence-corrected chi connectivity index (χ4v) is 6.00. The molecule has 5 heterocycles. The molecule has 3 aromatic rings. The molecule has 0 amide bonds. The summed E-state index contributed by atoms with van der Waals surface area (Å²) in [6.07, 6.45) is 8.36. The number of fused-ring (bicyclic) bond motifs is 2. The number of likely N-dealkylation sites (tertiary alicyclic amines) is 1. The molecule has 0 bridgehead atoms. The van der Waals surface area contributed by atoms with Crippen molar-refractivity contribution in [2.45, 2.75) is 44.7 Å². The molecule has 6 nitrogen and oxygen atoms in total. The van der Waals surface area contributed by atoms with Crippen LogP contribution in [0, 0.1) is 0 Å². The van der Waals surface area contributed by atoms with E-state index in [2.05, 4.69) is 44.0 Å². The zero-order valence-corrected chi connectivity index (χ0v) is 17.3. The van der Waals surface area contributed by atoms with Gasteiger partial charge in [-0.1, -0.05) is 6.92 Å². The summed E-state index contributed by atoms with van der Waals surface area (Å²) in [7, 11) is 0. The molecule has 0 atom stereocenters. The lowest BCUT2D eigenvalue weighted by molar-refractivity contribution is 0.00376. The molecule has 2 aliphatic heterocycles. The van der Waals surface area contributed by atoms with Crippen molar-refractivity contribution < 1.29 is 0 Å². The van der Waals surface area contributed by atoms with Crippen LogP contribution in [0.15, 0.2) is 30.7 Å².